The Morgan fingerprint density at radius 3 is 2.59 bits per heavy atom. The van der Waals surface area contributed by atoms with Gasteiger partial charge in [0.15, 0.2) is 5.82 Å². The average Bonchev–Trinajstić information content (AvgIpc) is 2.33. The van der Waals surface area contributed by atoms with Gasteiger partial charge in [-0.15, -0.1) is 0 Å². The number of nitrogens with zero attached hydrogens (tertiary/aromatic N) is 1. The first-order chi connectivity index (χ1) is 8.16. The van der Waals surface area contributed by atoms with Crippen molar-refractivity contribution in [2.75, 3.05) is 5.32 Å². The number of hydrogen-bond acceptors (Lipinski definition) is 2. The lowest BCUT2D eigenvalue weighted by molar-refractivity contribution is 0.102. The molecule has 1 aromatic carbocycles. The number of halogens is 1. The molecule has 86 valence electrons. The van der Waals surface area contributed by atoms with Gasteiger partial charge in [0.25, 0.3) is 5.91 Å². The summed E-state index contributed by atoms with van der Waals surface area (Å²) >= 11 is 5.90. The van der Waals surface area contributed by atoms with E-state index in [1.165, 1.54) is 0 Å². The van der Waals surface area contributed by atoms with E-state index in [1.54, 1.807) is 30.5 Å². The molecule has 0 radical (unpaired) electrons. The molecular formula is C13H11ClN2O. The van der Waals surface area contributed by atoms with E-state index >= 15 is 0 Å². The van der Waals surface area contributed by atoms with Crippen LogP contribution in [0.4, 0.5) is 5.82 Å². The van der Waals surface area contributed by atoms with Gasteiger partial charge in [-0.05, 0) is 31.2 Å². The van der Waals surface area contributed by atoms with Crippen molar-refractivity contribution in [1.29, 1.82) is 0 Å². The minimum Gasteiger partial charge on any atom is -0.305 e. The maximum atomic E-state index is 11.9. The molecule has 0 aliphatic heterocycles. The van der Waals surface area contributed by atoms with Crippen molar-refractivity contribution in [2.45, 2.75) is 6.92 Å². The van der Waals surface area contributed by atoms with E-state index in [4.69, 9.17) is 11.6 Å². The van der Waals surface area contributed by atoms with Gasteiger partial charge in [-0.3, -0.25) is 4.79 Å². The highest BCUT2D eigenvalue weighted by Gasteiger charge is 2.08. The monoisotopic (exact) mass is 246 g/mol. The fourth-order valence-electron chi connectivity index (χ4n) is 1.36. The van der Waals surface area contributed by atoms with Crippen LogP contribution in [0.1, 0.15) is 15.9 Å². The lowest BCUT2D eigenvalue weighted by atomic mass is 10.1. The van der Waals surface area contributed by atoms with Gasteiger partial charge in [0, 0.05) is 11.8 Å². The first-order valence-electron chi connectivity index (χ1n) is 5.15. The third kappa shape index (κ3) is 2.82. The van der Waals surface area contributed by atoms with Gasteiger partial charge >= 0.3 is 0 Å². The van der Waals surface area contributed by atoms with Crippen LogP contribution in [0.2, 0.25) is 5.02 Å². The second kappa shape index (κ2) is 4.97. The molecular weight excluding hydrogens is 236 g/mol. The predicted molar refractivity (Wildman–Crippen MR) is 68.4 cm³/mol. The van der Waals surface area contributed by atoms with Crippen LogP contribution in [0.5, 0.6) is 0 Å². The molecule has 0 fully saturated rings. The molecule has 1 heterocycles. The predicted octanol–water partition coefficient (Wildman–Crippen LogP) is 3.30. The number of aryl methyl sites for hydroxylation is 1. The summed E-state index contributed by atoms with van der Waals surface area (Å²) in [5, 5.41) is 3.09. The van der Waals surface area contributed by atoms with Crippen molar-refractivity contribution in [3.05, 3.63) is 58.7 Å². The molecule has 0 saturated heterocycles. The Labute approximate surface area is 104 Å². The van der Waals surface area contributed by atoms with Crippen molar-refractivity contribution in [2.24, 2.45) is 0 Å². The minimum atomic E-state index is -0.217. The molecule has 2 aromatic rings. The van der Waals surface area contributed by atoms with Crippen molar-refractivity contribution >= 4 is 23.3 Å². The number of pyridine rings is 1. The minimum absolute atomic E-state index is 0.217. The van der Waals surface area contributed by atoms with Crippen molar-refractivity contribution in [1.82, 2.24) is 4.98 Å². The topological polar surface area (TPSA) is 42.0 Å². The lowest BCUT2D eigenvalue weighted by Gasteiger charge is -2.05. The molecule has 1 N–H and O–H groups in total. The molecule has 0 saturated carbocycles. The Hall–Kier alpha value is -1.87. The number of carbonyl (C=O) groups excluding carboxylic acids is 1. The SMILES string of the molecule is Cc1ccc(C(=O)Nc2ncccc2Cl)cc1. The fourth-order valence-corrected chi connectivity index (χ4v) is 1.53. The average molecular weight is 247 g/mol. The summed E-state index contributed by atoms with van der Waals surface area (Å²) in [6, 6.07) is 10.7. The highest BCUT2D eigenvalue weighted by atomic mass is 35.5. The number of aromatic nitrogens is 1. The zero-order valence-electron chi connectivity index (χ0n) is 9.27. The normalized spacial score (nSPS) is 10.0. The number of benzene rings is 1. The summed E-state index contributed by atoms with van der Waals surface area (Å²) in [5.74, 6) is 0.158. The van der Waals surface area contributed by atoms with Crippen LogP contribution in [-0.4, -0.2) is 10.9 Å². The summed E-state index contributed by atoms with van der Waals surface area (Å²) in [6.45, 7) is 1.97. The Morgan fingerprint density at radius 1 is 1.24 bits per heavy atom. The van der Waals surface area contributed by atoms with Gasteiger partial charge in [-0.25, -0.2) is 4.98 Å². The van der Waals surface area contributed by atoms with Crippen LogP contribution in [0, 0.1) is 6.92 Å². The molecule has 0 aliphatic rings. The van der Waals surface area contributed by atoms with Crippen LogP contribution in [-0.2, 0) is 0 Å². The number of nitrogens with one attached hydrogen (secondary N) is 1. The molecule has 4 heteroatoms. The van der Waals surface area contributed by atoms with Crippen LogP contribution in [0.25, 0.3) is 0 Å². The summed E-state index contributed by atoms with van der Waals surface area (Å²) < 4.78 is 0. The van der Waals surface area contributed by atoms with Gasteiger partial charge < -0.3 is 5.32 Å². The van der Waals surface area contributed by atoms with Gasteiger partial charge in [0.05, 0.1) is 5.02 Å². The van der Waals surface area contributed by atoms with Crippen molar-refractivity contribution in [3.63, 3.8) is 0 Å². The Bertz CT molecular complexity index is 537. The quantitative estimate of drug-likeness (QED) is 0.884. The zero-order valence-corrected chi connectivity index (χ0v) is 10.0. The highest BCUT2D eigenvalue weighted by Crippen LogP contribution is 2.18. The molecule has 1 amide bonds. The molecule has 3 nitrogen and oxygen atoms in total. The molecule has 0 bridgehead atoms. The Morgan fingerprint density at radius 2 is 1.94 bits per heavy atom. The lowest BCUT2D eigenvalue weighted by Crippen LogP contribution is -2.13. The number of carbonyl (C=O) groups is 1. The summed E-state index contributed by atoms with van der Waals surface area (Å²) in [6.07, 6.45) is 1.58. The van der Waals surface area contributed by atoms with Gasteiger partial charge in [-0.2, -0.15) is 0 Å². The van der Waals surface area contributed by atoms with E-state index in [2.05, 4.69) is 10.3 Å². The van der Waals surface area contributed by atoms with Crippen LogP contribution in [0.15, 0.2) is 42.6 Å². The van der Waals surface area contributed by atoms with E-state index in [0.29, 0.717) is 16.4 Å². The Balaban J connectivity index is 2.17. The molecule has 0 aliphatic carbocycles. The maximum absolute atomic E-state index is 11.9. The van der Waals surface area contributed by atoms with E-state index in [0.717, 1.165) is 5.56 Å². The fraction of sp³-hybridized carbons (Fsp3) is 0.0769. The molecule has 0 spiro atoms. The molecule has 2 rings (SSSR count). The van der Waals surface area contributed by atoms with Crippen molar-refractivity contribution < 1.29 is 4.79 Å². The third-order valence-corrected chi connectivity index (χ3v) is 2.61. The Kier molecular flexibility index (Phi) is 3.40. The number of amides is 1. The smallest absolute Gasteiger partial charge is 0.256 e. The molecule has 0 unspecified atom stereocenters. The van der Waals surface area contributed by atoms with Gasteiger partial charge in [0.1, 0.15) is 0 Å². The highest BCUT2D eigenvalue weighted by molar-refractivity contribution is 6.33. The summed E-state index contributed by atoms with van der Waals surface area (Å²) in [4.78, 5) is 15.9. The summed E-state index contributed by atoms with van der Waals surface area (Å²) in [7, 11) is 0. The van der Waals surface area contributed by atoms with Crippen molar-refractivity contribution in [3.8, 4) is 0 Å². The number of hydrogen-bond donors (Lipinski definition) is 1. The number of rotatable bonds is 2. The van der Waals surface area contributed by atoms with E-state index < -0.39 is 0 Å². The van der Waals surface area contributed by atoms with E-state index in [9.17, 15) is 4.79 Å². The zero-order chi connectivity index (χ0) is 12.3. The first-order valence-corrected chi connectivity index (χ1v) is 5.53. The van der Waals surface area contributed by atoms with E-state index in [-0.39, 0.29) is 5.91 Å². The first kappa shape index (κ1) is 11.6. The molecule has 17 heavy (non-hydrogen) atoms. The maximum Gasteiger partial charge on any atom is 0.256 e. The van der Waals surface area contributed by atoms with Gasteiger partial charge in [-0.1, -0.05) is 29.3 Å². The standard InChI is InChI=1S/C13H11ClN2O/c1-9-4-6-10(7-5-9)13(17)16-12-11(14)3-2-8-15-12/h2-8H,1H3,(H,15,16,17). The molecule has 0 atom stereocenters. The van der Waals surface area contributed by atoms with Crippen LogP contribution < -0.4 is 5.32 Å². The third-order valence-electron chi connectivity index (χ3n) is 2.30. The largest absolute Gasteiger partial charge is 0.305 e. The van der Waals surface area contributed by atoms with E-state index in [1.807, 2.05) is 19.1 Å². The van der Waals surface area contributed by atoms with Crippen LogP contribution >= 0.6 is 11.6 Å². The van der Waals surface area contributed by atoms with Gasteiger partial charge in [0.2, 0.25) is 0 Å². The number of anilines is 1. The second-order valence-corrected chi connectivity index (χ2v) is 4.06. The van der Waals surface area contributed by atoms with Crippen LogP contribution in [0.3, 0.4) is 0 Å². The second-order valence-electron chi connectivity index (χ2n) is 3.65. The molecule has 1 aromatic heterocycles. The summed E-state index contributed by atoms with van der Waals surface area (Å²) in [5.41, 5.74) is 1.69.